The van der Waals surface area contributed by atoms with Gasteiger partial charge >= 0.3 is 6.36 Å². The molecule has 1 atom stereocenters. The Hall–Kier alpha value is -1.48. The smallest absolute Gasteiger partial charge is 0.406 e. The lowest BCUT2D eigenvalue weighted by atomic mass is 10.1. The van der Waals surface area contributed by atoms with Gasteiger partial charge in [0.1, 0.15) is 5.75 Å². The molecule has 26 heavy (non-hydrogen) atoms. The van der Waals surface area contributed by atoms with Gasteiger partial charge in [-0.1, -0.05) is 23.2 Å². The van der Waals surface area contributed by atoms with Gasteiger partial charge in [0.15, 0.2) is 0 Å². The van der Waals surface area contributed by atoms with Gasteiger partial charge in [0.05, 0.1) is 4.90 Å². The van der Waals surface area contributed by atoms with Gasteiger partial charge in [-0.15, -0.1) is 13.2 Å². The van der Waals surface area contributed by atoms with E-state index in [4.69, 9.17) is 23.2 Å². The van der Waals surface area contributed by atoms with Crippen LogP contribution in [0.25, 0.3) is 0 Å². The van der Waals surface area contributed by atoms with E-state index in [0.717, 1.165) is 29.8 Å². The zero-order chi connectivity index (χ0) is 19.1. The molecule has 0 fully saturated rings. The van der Waals surface area contributed by atoms with E-state index in [1.54, 1.807) is 12.1 Å². The second kappa shape index (κ2) is 6.92. The van der Waals surface area contributed by atoms with E-state index in [2.05, 4.69) is 9.46 Å². The molecule has 0 aromatic heterocycles. The van der Waals surface area contributed by atoms with Crippen LogP contribution in [0.2, 0.25) is 10.0 Å². The van der Waals surface area contributed by atoms with Crippen molar-refractivity contribution in [3.05, 3.63) is 57.6 Å². The van der Waals surface area contributed by atoms with Crippen LogP contribution >= 0.6 is 23.2 Å². The first-order valence-electron chi connectivity index (χ1n) is 7.41. The number of alkyl halides is 3. The summed E-state index contributed by atoms with van der Waals surface area (Å²) < 4.78 is 67.9. The maximum Gasteiger partial charge on any atom is 0.573 e. The molecule has 0 heterocycles. The topological polar surface area (TPSA) is 55.4 Å². The van der Waals surface area contributed by atoms with E-state index < -0.39 is 28.2 Å². The quantitative estimate of drug-likeness (QED) is 0.760. The Morgan fingerprint density at radius 1 is 1.12 bits per heavy atom. The van der Waals surface area contributed by atoms with Crippen LogP contribution in [0.1, 0.15) is 23.6 Å². The number of halogens is 5. The predicted molar refractivity (Wildman–Crippen MR) is 91.0 cm³/mol. The highest BCUT2D eigenvalue weighted by molar-refractivity contribution is 7.89. The molecular formula is C16H12Cl2F3NO3S. The van der Waals surface area contributed by atoms with Crippen LogP contribution in [0.5, 0.6) is 5.75 Å². The summed E-state index contributed by atoms with van der Waals surface area (Å²) in [5, 5.41) is 0.872. The second-order valence-electron chi connectivity index (χ2n) is 5.69. The molecular weight excluding hydrogens is 414 g/mol. The average Bonchev–Trinajstić information content (AvgIpc) is 2.89. The number of hydrogen-bond acceptors (Lipinski definition) is 3. The van der Waals surface area contributed by atoms with Crippen LogP contribution < -0.4 is 9.46 Å². The normalized spacial score (nSPS) is 17.2. The zero-order valence-corrected chi connectivity index (χ0v) is 15.3. The number of benzene rings is 2. The Balaban J connectivity index is 1.81. The Kier molecular flexibility index (Phi) is 5.13. The third kappa shape index (κ3) is 4.25. The fraction of sp³-hybridized carbons (Fsp3) is 0.250. The highest BCUT2D eigenvalue weighted by Crippen LogP contribution is 2.38. The minimum absolute atomic E-state index is 0.173. The molecule has 140 valence electrons. The van der Waals surface area contributed by atoms with Crippen molar-refractivity contribution >= 4 is 33.2 Å². The Labute approximate surface area is 157 Å². The van der Waals surface area contributed by atoms with Crippen LogP contribution in [-0.4, -0.2) is 14.8 Å². The van der Waals surface area contributed by atoms with Crippen LogP contribution in [0.3, 0.4) is 0 Å². The van der Waals surface area contributed by atoms with E-state index >= 15 is 0 Å². The maximum absolute atomic E-state index is 12.5. The number of sulfonamides is 1. The lowest BCUT2D eigenvalue weighted by molar-refractivity contribution is -0.274. The minimum Gasteiger partial charge on any atom is -0.406 e. The average molecular weight is 426 g/mol. The Bertz CT molecular complexity index is 931. The zero-order valence-electron chi connectivity index (χ0n) is 13.0. The van der Waals surface area contributed by atoms with Crippen LogP contribution in [0, 0.1) is 0 Å². The van der Waals surface area contributed by atoms with Gasteiger partial charge in [0.25, 0.3) is 0 Å². The summed E-state index contributed by atoms with van der Waals surface area (Å²) in [7, 11) is -3.95. The highest BCUT2D eigenvalue weighted by Gasteiger charge is 2.32. The fourth-order valence-corrected chi connectivity index (χ4v) is 4.69. The first-order chi connectivity index (χ1) is 12.0. The van der Waals surface area contributed by atoms with E-state index in [1.165, 1.54) is 0 Å². The molecule has 1 N–H and O–H groups in total. The summed E-state index contributed by atoms with van der Waals surface area (Å²) in [5.41, 5.74) is 1.53. The molecule has 0 spiro atoms. The van der Waals surface area contributed by atoms with Crippen molar-refractivity contribution in [1.82, 2.24) is 4.72 Å². The highest BCUT2D eigenvalue weighted by atomic mass is 35.5. The molecule has 0 amide bonds. The number of hydrogen-bond donors (Lipinski definition) is 1. The van der Waals surface area contributed by atoms with Gasteiger partial charge in [-0.2, -0.15) is 0 Å². The van der Waals surface area contributed by atoms with Crippen molar-refractivity contribution in [3.63, 3.8) is 0 Å². The van der Waals surface area contributed by atoms with E-state index in [9.17, 15) is 21.6 Å². The molecule has 0 saturated carbocycles. The molecule has 3 rings (SSSR count). The molecule has 0 bridgehead atoms. The monoisotopic (exact) mass is 425 g/mol. The van der Waals surface area contributed by atoms with E-state index in [1.807, 2.05) is 0 Å². The molecule has 2 aromatic rings. The largest absolute Gasteiger partial charge is 0.573 e. The summed E-state index contributed by atoms with van der Waals surface area (Å²) in [6.07, 6.45) is -3.74. The van der Waals surface area contributed by atoms with Crippen molar-refractivity contribution in [2.24, 2.45) is 0 Å². The van der Waals surface area contributed by atoms with E-state index in [0.29, 0.717) is 28.5 Å². The fourth-order valence-electron chi connectivity index (χ4n) is 2.84. The standard InChI is InChI=1S/C16H12Cl2F3NO3S/c17-9-7-13-12(14(18)8-9)5-6-15(13)22-26(23,24)11-3-1-10(2-4-11)25-16(19,20)21/h1-4,7-8,15,22H,5-6H2/t15-/m0/s1. The van der Waals surface area contributed by atoms with E-state index in [-0.39, 0.29) is 4.90 Å². The van der Waals surface area contributed by atoms with Gasteiger partial charge < -0.3 is 4.74 Å². The molecule has 0 unspecified atom stereocenters. The van der Waals surface area contributed by atoms with Crippen molar-refractivity contribution in [3.8, 4) is 5.75 Å². The predicted octanol–water partition coefficient (Wildman–Crippen LogP) is 4.86. The Morgan fingerprint density at radius 2 is 1.77 bits per heavy atom. The molecule has 1 aliphatic rings. The minimum atomic E-state index is -4.84. The molecule has 0 radical (unpaired) electrons. The lowest BCUT2D eigenvalue weighted by Crippen LogP contribution is -2.27. The summed E-state index contributed by atoms with van der Waals surface area (Å²) in [6, 6.07) is 6.71. The first kappa shape index (κ1) is 19.3. The number of ether oxygens (including phenoxy) is 1. The summed E-state index contributed by atoms with van der Waals surface area (Å²) in [5.74, 6) is -0.499. The van der Waals surface area contributed by atoms with Crippen LogP contribution in [0.15, 0.2) is 41.3 Å². The molecule has 1 aliphatic carbocycles. The lowest BCUT2D eigenvalue weighted by Gasteiger charge is -2.15. The van der Waals surface area contributed by atoms with Gasteiger partial charge in [-0.25, -0.2) is 13.1 Å². The van der Waals surface area contributed by atoms with Crippen LogP contribution in [0.4, 0.5) is 13.2 Å². The summed E-state index contributed by atoms with van der Waals surface area (Å²) in [6.45, 7) is 0. The van der Waals surface area contributed by atoms with Gasteiger partial charge in [0.2, 0.25) is 10.0 Å². The third-order valence-electron chi connectivity index (χ3n) is 3.92. The van der Waals surface area contributed by atoms with Gasteiger partial charge in [-0.3, -0.25) is 0 Å². The van der Waals surface area contributed by atoms with Gasteiger partial charge in [0, 0.05) is 16.1 Å². The molecule has 0 aliphatic heterocycles. The Morgan fingerprint density at radius 3 is 2.38 bits per heavy atom. The molecule has 10 heteroatoms. The molecule has 4 nitrogen and oxygen atoms in total. The van der Waals surface area contributed by atoms with Crippen LogP contribution in [-0.2, 0) is 16.4 Å². The summed E-state index contributed by atoms with van der Waals surface area (Å²) in [4.78, 5) is -0.173. The number of fused-ring (bicyclic) bond motifs is 1. The maximum atomic E-state index is 12.5. The summed E-state index contributed by atoms with van der Waals surface area (Å²) >= 11 is 12.1. The van der Waals surface area contributed by atoms with Gasteiger partial charge in [-0.05, 0) is 60.4 Å². The SMILES string of the molecule is O=S(=O)(N[C@H]1CCc2c(Cl)cc(Cl)cc21)c1ccc(OC(F)(F)F)cc1. The van der Waals surface area contributed by atoms with Crippen molar-refractivity contribution in [2.75, 3.05) is 0 Å². The first-order valence-corrected chi connectivity index (χ1v) is 9.65. The second-order valence-corrected chi connectivity index (χ2v) is 8.24. The molecule has 0 saturated heterocycles. The van der Waals surface area contributed by atoms with Crippen molar-refractivity contribution in [1.29, 1.82) is 0 Å². The number of nitrogens with one attached hydrogen (secondary N) is 1. The number of rotatable bonds is 4. The van der Waals surface area contributed by atoms with Crippen molar-refractivity contribution < 1.29 is 26.3 Å². The third-order valence-corrected chi connectivity index (χ3v) is 5.96. The van der Waals surface area contributed by atoms with Crippen molar-refractivity contribution in [2.45, 2.75) is 30.1 Å². The molecule has 2 aromatic carbocycles.